The minimum atomic E-state index is -0.741. The molecular formula is C25H20N2O5S. The van der Waals surface area contributed by atoms with Crippen LogP contribution in [-0.2, 0) is 13.0 Å². The van der Waals surface area contributed by atoms with Crippen LogP contribution in [0.25, 0.3) is 11.0 Å². The molecule has 7 nitrogen and oxygen atoms in total. The van der Waals surface area contributed by atoms with E-state index in [1.54, 1.807) is 24.3 Å². The van der Waals surface area contributed by atoms with E-state index in [0.29, 0.717) is 40.4 Å². The molecule has 2 aromatic heterocycles. The molecule has 0 saturated carbocycles. The number of carbonyl (C=O) groups is 2. The first-order valence-corrected chi connectivity index (χ1v) is 11.3. The van der Waals surface area contributed by atoms with E-state index in [1.165, 1.54) is 24.5 Å². The summed E-state index contributed by atoms with van der Waals surface area (Å²) in [5.41, 5.74) is 2.12. The summed E-state index contributed by atoms with van der Waals surface area (Å²) in [5, 5.41) is 5.26. The molecule has 0 fully saturated rings. The maximum atomic E-state index is 12.9. The van der Waals surface area contributed by atoms with Crippen LogP contribution in [0.4, 0.5) is 5.69 Å². The van der Waals surface area contributed by atoms with Crippen LogP contribution in [-0.4, -0.2) is 30.4 Å². The fourth-order valence-electron chi connectivity index (χ4n) is 4.00. The number of carbonyl (C=O) groups excluding carboxylic acids is 2. The molecular weight excluding hydrogens is 440 g/mol. The van der Waals surface area contributed by atoms with Crippen molar-refractivity contribution in [2.75, 3.05) is 19.0 Å². The SMILES string of the molecule is COc1cccc2cc(C(=O)Nc3ccc4c(c3)CN(C(=O)c3cccs3)CC4)c(=O)oc12. The molecule has 1 N–H and O–H groups in total. The van der Waals surface area contributed by atoms with Crippen molar-refractivity contribution in [2.45, 2.75) is 13.0 Å². The van der Waals surface area contributed by atoms with Crippen LogP contribution in [0.1, 0.15) is 31.2 Å². The molecule has 33 heavy (non-hydrogen) atoms. The predicted octanol–water partition coefficient (Wildman–Crippen LogP) is 4.31. The van der Waals surface area contributed by atoms with Gasteiger partial charge in [-0.1, -0.05) is 24.3 Å². The monoisotopic (exact) mass is 460 g/mol. The van der Waals surface area contributed by atoms with Gasteiger partial charge in [0.15, 0.2) is 11.3 Å². The average Bonchev–Trinajstić information content (AvgIpc) is 3.37. The topological polar surface area (TPSA) is 88.9 Å². The van der Waals surface area contributed by atoms with Gasteiger partial charge in [-0.05, 0) is 53.3 Å². The Labute approximate surface area is 193 Å². The maximum Gasteiger partial charge on any atom is 0.349 e. The van der Waals surface area contributed by atoms with Crippen molar-refractivity contribution in [2.24, 2.45) is 0 Å². The molecule has 0 spiro atoms. The molecule has 4 aromatic rings. The summed E-state index contributed by atoms with van der Waals surface area (Å²) < 4.78 is 10.6. The highest BCUT2D eigenvalue weighted by atomic mass is 32.1. The molecule has 1 aliphatic rings. The highest BCUT2D eigenvalue weighted by molar-refractivity contribution is 7.12. The minimum Gasteiger partial charge on any atom is -0.493 e. The molecule has 0 radical (unpaired) electrons. The van der Waals surface area contributed by atoms with Gasteiger partial charge in [-0.2, -0.15) is 0 Å². The Kier molecular flexibility index (Phi) is 5.43. The number of ether oxygens (including phenoxy) is 1. The summed E-state index contributed by atoms with van der Waals surface area (Å²) >= 11 is 1.42. The first-order chi connectivity index (χ1) is 16.0. The second-order valence-electron chi connectivity index (χ2n) is 7.72. The highest BCUT2D eigenvalue weighted by Gasteiger charge is 2.23. The largest absolute Gasteiger partial charge is 0.493 e. The lowest BCUT2D eigenvalue weighted by Gasteiger charge is -2.29. The molecule has 1 aliphatic heterocycles. The average molecular weight is 461 g/mol. The van der Waals surface area contributed by atoms with Gasteiger partial charge in [-0.15, -0.1) is 11.3 Å². The maximum absolute atomic E-state index is 12.9. The number of hydrogen-bond donors (Lipinski definition) is 1. The number of nitrogens with zero attached hydrogens (tertiary/aromatic N) is 1. The fourth-order valence-corrected chi connectivity index (χ4v) is 4.69. The molecule has 0 atom stereocenters. The smallest absolute Gasteiger partial charge is 0.349 e. The van der Waals surface area contributed by atoms with E-state index >= 15 is 0 Å². The standard InChI is InChI=1S/C25H20N2O5S/c1-31-20-5-2-4-16-13-19(25(30)32-22(16)20)23(28)26-18-8-7-15-9-10-27(14-17(15)12-18)24(29)21-6-3-11-33-21/h2-8,11-13H,9-10,14H2,1H3,(H,26,28). The predicted molar refractivity (Wildman–Crippen MR) is 126 cm³/mol. The molecule has 2 amide bonds. The Morgan fingerprint density at radius 1 is 1.09 bits per heavy atom. The van der Waals surface area contributed by atoms with Crippen LogP contribution in [0.15, 0.2) is 69.2 Å². The molecule has 3 heterocycles. The van der Waals surface area contributed by atoms with Crippen molar-refractivity contribution < 1.29 is 18.7 Å². The minimum absolute atomic E-state index is 0.00860. The Balaban J connectivity index is 1.38. The number of rotatable bonds is 4. The van der Waals surface area contributed by atoms with E-state index in [-0.39, 0.29) is 11.5 Å². The van der Waals surface area contributed by atoms with Gasteiger partial charge in [0.1, 0.15) is 5.56 Å². The van der Waals surface area contributed by atoms with Crippen LogP contribution in [0.2, 0.25) is 0 Å². The van der Waals surface area contributed by atoms with Crippen LogP contribution < -0.4 is 15.7 Å². The van der Waals surface area contributed by atoms with Gasteiger partial charge in [0.25, 0.3) is 11.8 Å². The molecule has 0 unspecified atom stereocenters. The third-order valence-corrected chi connectivity index (χ3v) is 6.54. The zero-order valence-electron chi connectivity index (χ0n) is 17.8. The van der Waals surface area contributed by atoms with Gasteiger partial charge in [0, 0.05) is 24.2 Å². The third-order valence-electron chi connectivity index (χ3n) is 5.68. The molecule has 8 heteroatoms. The fraction of sp³-hybridized carbons (Fsp3) is 0.160. The molecule has 0 bridgehead atoms. The second-order valence-corrected chi connectivity index (χ2v) is 8.67. The van der Waals surface area contributed by atoms with Gasteiger partial charge in [-0.25, -0.2) is 4.79 Å². The van der Waals surface area contributed by atoms with Crippen LogP contribution in [0.5, 0.6) is 5.75 Å². The number of hydrogen-bond acceptors (Lipinski definition) is 6. The Morgan fingerprint density at radius 2 is 1.97 bits per heavy atom. The molecule has 0 aliphatic carbocycles. The van der Waals surface area contributed by atoms with E-state index < -0.39 is 11.5 Å². The normalized spacial score (nSPS) is 12.9. The second kappa shape index (κ2) is 8.55. The van der Waals surface area contributed by atoms with Crippen LogP contribution >= 0.6 is 11.3 Å². The van der Waals surface area contributed by atoms with Crippen LogP contribution in [0, 0.1) is 0 Å². The summed E-state index contributed by atoms with van der Waals surface area (Å²) in [6.45, 7) is 1.12. The van der Waals surface area contributed by atoms with Gasteiger partial charge in [-0.3, -0.25) is 9.59 Å². The molecule has 2 aromatic carbocycles. The zero-order valence-corrected chi connectivity index (χ0v) is 18.6. The summed E-state index contributed by atoms with van der Waals surface area (Å²) in [5.74, 6) is -0.127. The van der Waals surface area contributed by atoms with Crippen molar-refractivity contribution in [3.05, 3.63) is 92.0 Å². The molecule has 5 rings (SSSR count). The number of nitrogens with one attached hydrogen (secondary N) is 1. The quantitative estimate of drug-likeness (QED) is 0.459. The van der Waals surface area contributed by atoms with E-state index in [1.807, 2.05) is 34.5 Å². The number of anilines is 1. The molecule has 166 valence electrons. The number of methoxy groups -OCH3 is 1. The Morgan fingerprint density at radius 3 is 2.76 bits per heavy atom. The first-order valence-electron chi connectivity index (χ1n) is 10.4. The number of amides is 2. The van der Waals surface area contributed by atoms with Gasteiger partial charge < -0.3 is 19.4 Å². The third kappa shape index (κ3) is 4.01. The summed E-state index contributed by atoms with van der Waals surface area (Å²) in [7, 11) is 1.49. The van der Waals surface area contributed by atoms with Crippen molar-refractivity contribution >= 4 is 39.8 Å². The van der Waals surface area contributed by atoms with Crippen molar-refractivity contribution in [3.8, 4) is 5.75 Å². The first kappa shape index (κ1) is 21.0. The summed E-state index contributed by atoms with van der Waals surface area (Å²) in [6, 6.07) is 16.0. The Bertz CT molecular complexity index is 1420. The Hall–Kier alpha value is -3.91. The molecule has 0 saturated heterocycles. The number of benzene rings is 2. The van der Waals surface area contributed by atoms with Crippen LogP contribution in [0.3, 0.4) is 0 Å². The summed E-state index contributed by atoms with van der Waals surface area (Å²) in [4.78, 5) is 40.6. The lowest BCUT2D eigenvalue weighted by molar-refractivity contribution is 0.0739. The van der Waals surface area contributed by atoms with Gasteiger partial charge in [0.2, 0.25) is 0 Å². The van der Waals surface area contributed by atoms with Crippen molar-refractivity contribution in [1.29, 1.82) is 0 Å². The van der Waals surface area contributed by atoms with Crippen molar-refractivity contribution in [3.63, 3.8) is 0 Å². The van der Waals surface area contributed by atoms with Crippen molar-refractivity contribution in [1.82, 2.24) is 4.90 Å². The zero-order chi connectivity index (χ0) is 22.9. The lowest BCUT2D eigenvalue weighted by atomic mass is 9.98. The highest BCUT2D eigenvalue weighted by Crippen LogP contribution is 2.26. The van der Waals surface area contributed by atoms with E-state index in [0.717, 1.165) is 17.5 Å². The van der Waals surface area contributed by atoms with E-state index in [2.05, 4.69) is 5.32 Å². The number of fused-ring (bicyclic) bond motifs is 2. The van der Waals surface area contributed by atoms with Gasteiger partial charge in [0.05, 0.1) is 12.0 Å². The lowest BCUT2D eigenvalue weighted by Crippen LogP contribution is -2.35. The van der Waals surface area contributed by atoms with E-state index in [9.17, 15) is 14.4 Å². The van der Waals surface area contributed by atoms with E-state index in [4.69, 9.17) is 9.15 Å². The number of thiophene rings is 1. The van der Waals surface area contributed by atoms with Gasteiger partial charge >= 0.3 is 5.63 Å². The number of para-hydroxylation sites is 1. The summed E-state index contributed by atoms with van der Waals surface area (Å²) in [6.07, 6.45) is 0.747.